The molecule has 54 heteroatoms. The molecule has 0 amide bonds. The van der Waals surface area contributed by atoms with Crippen molar-refractivity contribution in [3.05, 3.63) is 314 Å². The smallest absolute Gasteiger partial charge is 0.227 e. The van der Waals surface area contributed by atoms with Crippen LogP contribution in [0.3, 0.4) is 0 Å². The number of hydrogen-bond donors (Lipinski definition) is 3. The molecule has 3 unspecified atom stereocenters. The molecule has 0 spiro atoms. The molecule has 45 nitrogen and oxygen atoms in total. The van der Waals surface area contributed by atoms with Crippen molar-refractivity contribution in [2.45, 2.75) is 181 Å². The first kappa shape index (κ1) is 110. The summed E-state index contributed by atoms with van der Waals surface area (Å²) in [6.45, 7) is 28.8. The Morgan fingerprint density at radius 2 is 0.669 bits per heavy atom. The van der Waals surface area contributed by atoms with Gasteiger partial charge in [-0.2, -0.15) is 9.58 Å². The number of nitrogens with one attached hydrogen (secondary N) is 2. The van der Waals surface area contributed by atoms with Gasteiger partial charge < -0.3 is 19.4 Å². The summed E-state index contributed by atoms with van der Waals surface area (Å²) in [5, 5.41) is 60.0. The van der Waals surface area contributed by atoms with Crippen LogP contribution in [0.5, 0.6) is 0 Å². The Bertz CT molecular complexity index is 7950. The second-order valence-electron chi connectivity index (χ2n) is 31.6. The number of hydrogen-bond acceptors (Lipinski definition) is 38. The summed E-state index contributed by atoms with van der Waals surface area (Å²) in [5.74, 6) is 0.734. The van der Waals surface area contributed by atoms with E-state index in [1.54, 1.807) is 133 Å². The van der Waals surface area contributed by atoms with Crippen LogP contribution in [-0.4, -0.2) is 236 Å². The molecule has 142 heavy (non-hydrogen) atoms. The topological polar surface area (TPSA) is 602 Å². The lowest BCUT2D eigenvalue weighted by Gasteiger charge is -2.30. The highest BCUT2D eigenvalue weighted by Gasteiger charge is 2.32. The lowest BCUT2D eigenvalue weighted by molar-refractivity contribution is -0.108. The van der Waals surface area contributed by atoms with Crippen molar-refractivity contribution in [1.29, 1.82) is 0 Å². The maximum absolute atomic E-state index is 12.4. The molecule has 752 valence electrons. The normalized spacial score (nSPS) is 14.0. The van der Waals surface area contributed by atoms with Gasteiger partial charge >= 0.3 is 0 Å². The van der Waals surface area contributed by atoms with Crippen LogP contribution in [0.2, 0.25) is 0 Å². The molecule has 2 saturated heterocycles. The van der Waals surface area contributed by atoms with Crippen LogP contribution in [0, 0.1) is 48.5 Å². The summed E-state index contributed by atoms with van der Waals surface area (Å²) in [7, 11) is -32.2. The SMILES string of the molecule is C=C/C=C/C(O)Cn1cc(S(=O)(=O)c2ccc(C)cc2)nn1.C=C1CC(Nn2cc(S(=O)(=O)c3ccc(C)cc3)nn2)O1.C=C1OCC1Nn1cc(S(=O)(=O)c2ccc(C)cc2)nn1.C=CCCn1cc(S(=O)(=O)c2ccc(C)cc2)nn1.Cc1ccc(S(=O)(=O)c2cn(CC=O)nn2)cc1.Cc1ccc(S(=O)(=O)c2cn(CCS(C)(=O)=O)nn2)cc1.Cc1ccc(S(=O)(=O)c2cn(CS(C)(=O)=O)nn2)cc1. The van der Waals surface area contributed by atoms with Gasteiger partial charge in [-0.05, 0) is 150 Å². The van der Waals surface area contributed by atoms with E-state index < -0.39 is 101 Å². The summed E-state index contributed by atoms with van der Waals surface area (Å²) in [6, 6.07) is 45.4. The Labute approximate surface area is 820 Å². The molecule has 2 aliphatic rings. The number of nitrogens with zero attached hydrogens (tertiary/aromatic N) is 21. The molecule has 2 aliphatic heterocycles. The minimum Gasteiger partial charge on any atom is -0.493 e. The van der Waals surface area contributed by atoms with Gasteiger partial charge in [-0.25, -0.2) is 89.8 Å². The number of aldehydes is 1. The fraction of sp³-hybridized carbons (Fsp3) is 0.239. The fourth-order valence-corrected chi connectivity index (χ4v) is 20.7. The number of rotatable bonds is 32. The van der Waals surface area contributed by atoms with Crippen LogP contribution in [-0.2, 0) is 135 Å². The zero-order valence-electron chi connectivity index (χ0n) is 77.6. The van der Waals surface area contributed by atoms with Gasteiger partial charge in [0.2, 0.25) is 104 Å². The van der Waals surface area contributed by atoms with E-state index in [9.17, 15) is 85.7 Å². The number of aliphatic hydroxyl groups excluding tert-OH is 1. The van der Waals surface area contributed by atoms with E-state index in [0.29, 0.717) is 43.8 Å². The van der Waals surface area contributed by atoms with Gasteiger partial charge in [0.15, 0.2) is 16.1 Å². The van der Waals surface area contributed by atoms with Crippen molar-refractivity contribution in [2.75, 3.05) is 35.7 Å². The Balaban J connectivity index is 0.000000170. The Hall–Kier alpha value is -14.4. The second kappa shape index (κ2) is 47.2. The Kier molecular flexibility index (Phi) is 36.5. The number of aliphatic hydroxyl groups is 1. The maximum atomic E-state index is 12.4. The standard InChI is InChI=1S/C15H17N3O3S.2C13H14N4O3S.C13H15N3O2S.C12H15N3O4S2.C11H13N3O4S2.C11H11N3O3S/c1-3-4-5-13(19)10-18-11-15(16-17-18)22(20,21)14-8-6-12(2)7-9-14;1-9-3-5-11(6-4-9)21(18,19)13-7-17(16-14-13)15-12-8-20-10(12)2;1-9-3-5-11(6-4-9)21(18,19)13-8-17(16-14-13)15-12-7-10(2)20-12;1-3-4-9-16-10-13(14-15-16)19(17,18)12-7-5-11(2)6-8-12;1-10-3-5-11(6-4-10)21(18,19)12-9-15(14-13-12)7-8-20(2,16)17;1-9-3-5-10(6-4-9)20(17,18)11-7-14(13-12-11)8-19(2,15)16;1-9-2-4-10(5-3-9)18(16,17)11-8-14(6-7-15)13-12-11/h3-9,11,13,19H,1,10H2,2H3;3-7,12,15H,2,8H2,1H3;3-6,8,12,15H,2,7H2,1H3;3,5-8,10H,1,4,9H2,2H3;3-6,9H,7-8H2,1-2H3;3-7H,8H2,1-2H3;2-5,7-8H,6H2,1H3/b5-4+;;;;;;. The number of carbonyl (C=O) groups excluding carboxylic acids is 1. The predicted molar refractivity (Wildman–Crippen MR) is 514 cm³/mol. The van der Waals surface area contributed by atoms with Gasteiger partial charge in [0, 0.05) is 19.1 Å². The molecular weight excluding hydrogens is 2020 g/mol. The fourth-order valence-electron chi connectivity index (χ4n) is 11.6. The van der Waals surface area contributed by atoms with Crippen LogP contribution < -0.4 is 10.9 Å². The van der Waals surface area contributed by atoms with E-state index in [-0.39, 0.29) is 107 Å². The first-order valence-electron chi connectivity index (χ1n) is 41.9. The van der Waals surface area contributed by atoms with Crippen molar-refractivity contribution in [3.63, 3.8) is 0 Å². The highest BCUT2D eigenvalue weighted by atomic mass is 32.2. The van der Waals surface area contributed by atoms with Crippen LogP contribution in [0.4, 0.5) is 0 Å². The van der Waals surface area contributed by atoms with Gasteiger partial charge in [-0.3, -0.25) is 20.2 Å². The molecule has 2 fully saturated rings. The minimum absolute atomic E-state index is 0.0174. The first-order chi connectivity index (χ1) is 66.8. The summed E-state index contributed by atoms with van der Waals surface area (Å²) in [6.07, 6.45) is 18.5. The molecule has 7 aromatic heterocycles. The number of benzene rings is 7. The average Bonchev–Trinajstić information content (AvgIpc) is 1.61. The summed E-state index contributed by atoms with van der Waals surface area (Å²) in [5.41, 5.74) is 12.6. The van der Waals surface area contributed by atoms with Gasteiger partial charge in [-0.1, -0.05) is 194 Å². The Morgan fingerprint density at radius 3 is 0.958 bits per heavy atom. The molecule has 0 bridgehead atoms. The van der Waals surface area contributed by atoms with Gasteiger partial charge in [-0.15, -0.1) is 42.3 Å². The summed E-state index contributed by atoms with van der Waals surface area (Å²) < 4.78 is 233. The molecule has 14 aromatic rings. The number of aromatic nitrogens is 21. The molecule has 16 rings (SSSR count). The summed E-state index contributed by atoms with van der Waals surface area (Å²) in [4.78, 5) is 14.0. The average molecular weight is 2120 g/mol. The van der Waals surface area contributed by atoms with E-state index in [2.05, 4.69) is 109 Å². The largest absolute Gasteiger partial charge is 0.493 e. The third-order valence-corrected chi connectivity index (χ3v) is 32.7. The number of aryl methyl sites for hydroxylation is 9. The zero-order chi connectivity index (χ0) is 104. The predicted octanol–water partition coefficient (Wildman–Crippen LogP) is 7.12. The number of sulfone groups is 9. The molecule has 0 radical (unpaired) electrons. The number of carbonyl (C=O) groups is 1. The van der Waals surface area contributed by atoms with Gasteiger partial charge in [0.05, 0.1) is 121 Å². The zero-order valence-corrected chi connectivity index (χ0v) is 85.0. The highest BCUT2D eigenvalue weighted by molar-refractivity contribution is 7.93. The maximum Gasteiger partial charge on any atom is 0.227 e. The third kappa shape index (κ3) is 30.3. The monoisotopic (exact) mass is 2120 g/mol. The quantitative estimate of drug-likeness (QED) is 0.0214. The van der Waals surface area contributed by atoms with E-state index >= 15 is 0 Å². The van der Waals surface area contributed by atoms with Gasteiger partial charge in [0.1, 0.15) is 40.4 Å². The molecule has 3 atom stereocenters. The van der Waals surface area contributed by atoms with E-state index in [0.717, 1.165) is 62.3 Å². The molecule has 0 saturated carbocycles. The van der Waals surface area contributed by atoms with Crippen molar-refractivity contribution in [1.82, 2.24) is 105 Å². The molecule has 0 aliphatic carbocycles. The van der Waals surface area contributed by atoms with E-state index in [1.807, 2.05) is 48.5 Å². The van der Waals surface area contributed by atoms with E-state index in [4.69, 9.17) is 9.47 Å². The lowest BCUT2D eigenvalue weighted by Crippen LogP contribution is -2.42. The third-order valence-electron chi connectivity index (χ3n) is 19.6. The second-order valence-corrected chi connectivity index (χ2v) is 49.2. The molecule has 9 heterocycles. The molecule has 7 aromatic carbocycles. The van der Waals surface area contributed by atoms with Crippen molar-refractivity contribution in [3.8, 4) is 0 Å². The Morgan fingerprint density at radius 1 is 0.387 bits per heavy atom. The number of allylic oxidation sites excluding steroid dienone is 3. The molecular formula is C88H99N23O22S9. The number of ether oxygens (including phenoxy) is 2. The highest BCUT2D eigenvalue weighted by Crippen LogP contribution is 2.28. The van der Waals surface area contributed by atoms with Crippen molar-refractivity contribution < 1.29 is 95.1 Å². The van der Waals surface area contributed by atoms with Crippen molar-refractivity contribution in [2.24, 2.45) is 0 Å². The first-order valence-corrected chi connectivity index (χ1v) is 56.4. The van der Waals surface area contributed by atoms with Gasteiger partial charge in [0.25, 0.3) is 0 Å². The summed E-state index contributed by atoms with van der Waals surface area (Å²) >= 11 is 0. The van der Waals surface area contributed by atoms with Crippen LogP contribution in [0.1, 0.15) is 51.8 Å². The van der Waals surface area contributed by atoms with Crippen LogP contribution in [0.15, 0.2) is 345 Å². The van der Waals surface area contributed by atoms with Crippen molar-refractivity contribution >= 4 is 94.8 Å². The van der Waals surface area contributed by atoms with Crippen LogP contribution in [0.25, 0.3) is 0 Å². The lowest BCUT2D eigenvalue weighted by atomic mass is 10.2. The minimum atomic E-state index is -3.78. The molecule has 3 N–H and O–H groups in total. The van der Waals surface area contributed by atoms with Crippen LogP contribution >= 0.6 is 0 Å². The van der Waals surface area contributed by atoms with E-state index in [1.165, 1.54) is 126 Å².